The van der Waals surface area contributed by atoms with Gasteiger partial charge in [-0.15, -0.1) is 0 Å². The molecule has 2 aliphatic heterocycles. The van der Waals surface area contributed by atoms with Gasteiger partial charge in [0.2, 0.25) is 11.8 Å². The Morgan fingerprint density at radius 2 is 1.84 bits per heavy atom. The number of piperidine rings is 1. The fraction of sp³-hybridized carbons (Fsp3) is 0.406. The molecule has 0 radical (unpaired) electrons. The number of hydrogen-bond donors (Lipinski definition) is 2. The molecule has 2 N–H and O–H groups in total. The molecule has 1 fully saturated rings. The Hall–Kier alpha value is -4.02. The van der Waals surface area contributed by atoms with E-state index in [9.17, 15) is 14.4 Å². The summed E-state index contributed by atoms with van der Waals surface area (Å²) in [6.45, 7) is 0.739. The van der Waals surface area contributed by atoms with Gasteiger partial charge >= 0.3 is 5.97 Å². The number of fused-ring (bicyclic) bond motifs is 3. The molecule has 1 aromatic heterocycles. The van der Waals surface area contributed by atoms with Gasteiger partial charge in [0.1, 0.15) is 12.6 Å². The SMILES string of the molecule is COc1cccc([C@H]2O[C@H](CCC(=O)N3CCC(CC(=O)NCC(=O)O)CC3)c3cccn3-c3ccc(Cl)cc32)c1OC. The topological polar surface area (TPSA) is 119 Å². The van der Waals surface area contributed by atoms with Crippen molar-refractivity contribution in [2.24, 2.45) is 5.92 Å². The molecule has 0 bridgehead atoms. The molecule has 0 unspecified atom stereocenters. The number of methoxy groups -OCH3 is 2. The largest absolute Gasteiger partial charge is 0.493 e. The van der Waals surface area contributed by atoms with Gasteiger partial charge in [0.05, 0.1) is 31.7 Å². The van der Waals surface area contributed by atoms with Crippen molar-refractivity contribution in [3.8, 4) is 17.2 Å². The van der Waals surface area contributed by atoms with E-state index in [2.05, 4.69) is 9.88 Å². The summed E-state index contributed by atoms with van der Waals surface area (Å²) in [4.78, 5) is 37.9. The number of nitrogens with zero attached hydrogens (tertiary/aromatic N) is 2. The lowest BCUT2D eigenvalue weighted by atomic mass is 9.93. The fourth-order valence-electron chi connectivity index (χ4n) is 6.02. The summed E-state index contributed by atoms with van der Waals surface area (Å²) in [7, 11) is 3.19. The molecule has 43 heavy (non-hydrogen) atoms. The number of amides is 2. The summed E-state index contributed by atoms with van der Waals surface area (Å²) in [5, 5.41) is 11.8. The first-order chi connectivity index (χ1) is 20.8. The van der Waals surface area contributed by atoms with Crippen LogP contribution in [0.2, 0.25) is 5.02 Å². The number of rotatable bonds is 10. The zero-order valence-electron chi connectivity index (χ0n) is 24.3. The van der Waals surface area contributed by atoms with E-state index in [-0.39, 0.29) is 30.7 Å². The number of carbonyl (C=O) groups is 3. The van der Waals surface area contributed by atoms with Crippen LogP contribution in [0.4, 0.5) is 0 Å². The van der Waals surface area contributed by atoms with E-state index in [1.165, 1.54) is 0 Å². The van der Waals surface area contributed by atoms with Crippen molar-refractivity contribution in [3.63, 3.8) is 0 Å². The van der Waals surface area contributed by atoms with Gasteiger partial charge in [-0.1, -0.05) is 23.7 Å². The summed E-state index contributed by atoms with van der Waals surface area (Å²) in [5.41, 5.74) is 3.54. The Labute approximate surface area is 255 Å². The number of benzene rings is 2. The van der Waals surface area contributed by atoms with Crippen LogP contribution in [-0.4, -0.2) is 66.2 Å². The number of halogens is 1. The van der Waals surface area contributed by atoms with E-state index in [0.717, 1.165) is 22.5 Å². The lowest BCUT2D eigenvalue weighted by Gasteiger charge is -2.32. The van der Waals surface area contributed by atoms with Gasteiger partial charge in [-0.3, -0.25) is 14.4 Å². The zero-order valence-corrected chi connectivity index (χ0v) is 25.0. The van der Waals surface area contributed by atoms with Crippen LogP contribution in [0.5, 0.6) is 11.5 Å². The van der Waals surface area contributed by atoms with Crippen molar-refractivity contribution in [2.45, 2.75) is 44.3 Å². The van der Waals surface area contributed by atoms with Crippen LogP contribution in [0.1, 0.15) is 61.1 Å². The highest BCUT2D eigenvalue weighted by Gasteiger charge is 2.34. The first-order valence-corrected chi connectivity index (χ1v) is 14.8. The summed E-state index contributed by atoms with van der Waals surface area (Å²) in [6.07, 6.45) is 3.46. The normalized spacial score (nSPS) is 18.3. The number of carboxylic acid groups (broad SMARTS) is 1. The Morgan fingerprint density at radius 1 is 1.05 bits per heavy atom. The third-order valence-electron chi connectivity index (χ3n) is 8.16. The molecular formula is C32H36ClN3O7. The van der Waals surface area contributed by atoms with E-state index in [4.69, 9.17) is 30.9 Å². The molecule has 10 nitrogen and oxygen atoms in total. The first-order valence-electron chi connectivity index (χ1n) is 14.4. The zero-order chi connectivity index (χ0) is 30.5. The number of para-hydroxylation sites is 1. The molecule has 0 aliphatic carbocycles. The molecule has 3 aromatic rings. The van der Waals surface area contributed by atoms with Gasteiger partial charge in [-0.2, -0.15) is 0 Å². The van der Waals surface area contributed by atoms with Gasteiger partial charge in [-0.05, 0) is 61.6 Å². The van der Waals surface area contributed by atoms with E-state index >= 15 is 0 Å². The Balaban J connectivity index is 1.32. The standard InChI is InChI=1S/C32H36ClN3O7/c1-41-27-7-3-5-22(32(27)42-2)31-23-18-21(33)8-9-24(23)36-14-4-6-25(36)26(43-31)10-11-29(38)35-15-12-20(13-16-35)17-28(37)34-19-30(39)40/h3-9,14,18,20,26,31H,10-13,15-17,19H2,1-2H3,(H,34,37)(H,39,40)/t26-,31-/m1/s1. The van der Waals surface area contributed by atoms with Crippen LogP contribution < -0.4 is 14.8 Å². The minimum Gasteiger partial charge on any atom is -0.493 e. The Kier molecular flexibility index (Phi) is 9.57. The summed E-state index contributed by atoms with van der Waals surface area (Å²) >= 11 is 6.49. The number of aliphatic carboxylic acids is 1. The predicted octanol–water partition coefficient (Wildman–Crippen LogP) is 4.92. The van der Waals surface area contributed by atoms with Crippen molar-refractivity contribution >= 4 is 29.4 Å². The smallest absolute Gasteiger partial charge is 0.322 e. The molecule has 2 amide bonds. The van der Waals surface area contributed by atoms with Gasteiger partial charge in [-0.25, -0.2) is 0 Å². The molecular weight excluding hydrogens is 574 g/mol. The Morgan fingerprint density at radius 3 is 2.56 bits per heavy atom. The third kappa shape index (κ3) is 6.81. The number of nitrogens with one attached hydrogen (secondary N) is 1. The highest BCUT2D eigenvalue weighted by Crippen LogP contribution is 2.46. The number of hydrogen-bond acceptors (Lipinski definition) is 6. The highest BCUT2D eigenvalue weighted by molar-refractivity contribution is 6.30. The second-order valence-electron chi connectivity index (χ2n) is 10.8. The van der Waals surface area contributed by atoms with Gasteiger partial charge in [0.25, 0.3) is 0 Å². The maximum atomic E-state index is 13.3. The first kappa shape index (κ1) is 30.4. The third-order valence-corrected chi connectivity index (χ3v) is 8.39. The predicted molar refractivity (Wildman–Crippen MR) is 160 cm³/mol. The van der Waals surface area contributed by atoms with Crippen LogP contribution >= 0.6 is 11.6 Å². The quantitative estimate of drug-likeness (QED) is 0.335. The molecule has 0 saturated carbocycles. The molecule has 2 aliphatic rings. The highest BCUT2D eigenvalue weighted by atomic mass is 35.5. The molecule has 2 aromatic carbocycles. The molecule has 2 atom stereocenters. The average molecular weight is 610 g/mol. The molecule has 5 rings (SSSR count). The van der Waals surface area contributed by atoms with E-state index in [1.807, 2.05) is 59.6 Å². The minimum atomic E-state index is -1.07. The van der Waals surface area contributed by atoms with Crippen molar-refractivity contribution < 1.29 is 33.7 Å². The van der Waals surface area contributed by atoms with E-state index in [0.29, 0.717) is 55.3 Å². The van der Waals surface area contributed by atoms with Crippen molar-refractivity contribution in [1.82, 2.24) is 14.8 Å². The van der Waals surface area contributed by atoms with Crippen LogP contribution in [-0.2, 0) is 19.1 Å². The molecule has 3 heterocycles. The number of carbonyl (C=O) groups excluding carboxylic acids is 2. The fourth-order valence-corrected chi connectivity index (χ4v) is 6.20. The number of ether oxygens (including phenoxy) is 3. The van der Waals surface area contributed by atoms with E-state index < -0.39 is 18.2 Å². The van der Waals surface area contributed by atoms with Crippen molar-refractivity contribution in [2.75, 3.05) is 33.9 Å². The summed E-state index contributed by atoms with van der Waals surface area (Å²) in [6, 6.07) is 15.4. The summed E-state index contributed by atoms with van der Waals surface area (Å²) < 4.78 is 20.3. The maximum Gasteiger partial charge on any atom is 0.322 e. The van der Waals surface area contributed by atoms with Crippen molar-refractivity contribution in [1.29, 1.82) is 0 Å². The molecule has 0 spiro atoms. The second-order valence-corrected chi connectivity index (χ2v) is 11.3. The van der Waals surface area contributed by atoms with Gasteiger partial charge < -0.3 is 34.1 Å². The van der Waals surface area contributed by atoms with E-state index in [1.54, 1.807) is 14.2 Å². The van der Waals surface area contributed by atoms with Crippen LogP contribution in [0, 0.1) is 5.92 Å². The number of carboxylic acids is 1. The molecule has 11 heteroatoms. The van der Waals surface area contributed by atoms with Gasteiger partial charge in [0.15, 0.2) is 11.5 Å². The second kappa shape index (κ2) is 13.5. The summed E-state index contributed by atoms with van der Waals surface area (Å²) in [5.74, 6) is -0.0241. The number of likely N-dealkylation sites (tertiary alicyclic amines) is 1. The van der Waals surface area contributed by atoms with Crippen LogP contribution in [0.15, 0.2) is 54.7 Å². The lowest BCUT2D eigenvalue weighted by molar-refractivity contribution is -0.138. The number of aromatic nitrogens is 1. The minimum absolute atomic E-state index is 0.0378. The Bertz CT molecular complexity index is 1480. The molecule has 1 saturated heterocycles. The maximum absolute atomic E-state index is 13.3. The van der Waals surface area contributed by atoms with Gasteiger partial charge in [0, 0.05) is 48.3 Å². The monoisotopic (exact) mass is 609 g/mol. The van der Waals surface area contributed by atoms with Crippen molar-refractivity contribution in [3.05, 3.63) is 76.6 Å². The molecule has 228 valence electrons. The van der Waals surface area contributed by atoms with Crippen LogP contribution in [0.3, 0.4) is 0 Å². The average Bonchev–Trinajstić information content (AvgIpc) is 3.45. The lowest BCUT2D eigenvalue weighted by Crippen LogP contribution is -2.40. The van der Waals surface area contributed by atoms with Crippen LogP contribution in [0.25, 0.3) is 5.69 Å².